The van der Waals surface area contributed by atoms with Gasteiger partial charge < -0.3 is 10.3 Å². The average molecular weight is 247 g/mol. The van der Waals surface area contributed by atoms with E-state index in [1.165, 1.54) is 0 Å². The molecule has 90 valence electrons. The first-order valence-corrected chi connectivity index (χ1v) is 6.11. The molecule has 2 N–H and O–H groups in total. The van der Waals surface area contributed by atoms with Crippen molar-refractivity contribution in [1.82, 2.24) is 9.55 Å². The summed E-state index contributed by atoms with van der Waals surface area (Å²) in [5, 5.41) is 0. The number of nitrogens with two attached hydrogens (primary N) is 1. The smallest absolute Gasteiger partial charge is 0.0958 e. The molecule has 0 aliphatic rings. The van der Waals surface area contributed by atoms with Crippen LogP contribution in [0.2, 0.25) is 0 Å². The van der Waals surface area contributed by atoms with Crippen molar-refractivity contribution < 1.29 is 0 Å². The lowest BCUT2D eigenvalue weighted by Crippen LogP contribution is -2.30. The van der Waals surface area contributed by atoms with Gasteiger partial charge >= 0.3 is 0 Å². The predicted octanol–water partition coefficient (Wildman–Crippen LogP) is 2.74. The summed E-state index contributed by atoms with van der Waals surface area (Å²) >= 11 is 5.08. The second-order valence-corrected chi connectivity index (χ2v) is 5.36. The molecule has 0 aliphatic carbocycles. The molecule has 17 heavy (non-hydrogen) atoms. The Morgan fingerprint density at radius 2 is 2.12 bits per heavy atom. The minimum absolute atomic E-state index is 0.110. The molecule has 3 nitrogen and oxygen atoms in total. The summed E-state index contributed by atoms with van der Waals surface area (Å²) in [6, 6.07) is 8.12. The SMILES string of the molecule is CC(C)(CCn1cnc2ccccc21)C(N)=S. The number of rotatable bonds is 4. The summed E-state index contributed by atoms with van der Waals surface area (Å²) in [7, 11) is 0. The highest BCUT2D eigenvalue weighted by molar-refractivity contribution is 7.80. The third kappa shape index (κ3) is 2.47. The van der Waals surface area contributed by atoms with E-state index in [4.69, 9.17) is 18.0 Å². The number of hydrogen-bond acceptors (Lipinski definition) is 2. The van der Waals surface area contributed by atoms with Gasteiger partial charge in [-0.2, -0.15) is 0 Å². The number of nitrogens with zero attached hydrogens (tertiary/aromatic N) is 2. The molecule has 0 saturated carbocycles. The molecule has 2 rings (SSSR count). The summed E-state index contributed by atoms with van der Waals surface area (Å²) in [6.45, 7) is 5.04. The van der Waals surface area contributed by atoms with Gasteiger partial charge in [-0.25, -0.2) is 4.98 Å². The molecule has 1 heterocycles. The minimum atomic E-state index is -0.110. The topological polar surface area (TPSA) is 43.8 Å². The molecule has 0 spiro atoms. The maximum absolute atomic E-state index is 5.73. The van der Waals surface area contributed by atoms with Crippen LogP contribution >= 0.6 is 12.2 Å². The first kappa shape index (κ1) is 12.0. The van der Waals surface area contributed by atoms with Crippen LogP contribution in [0.25, 0.3) is 11.0 Å². The Morgan fingerprint density at radius 1 is 1.41 bits per heavy atom. The van der Waals surface area contributed by atoms with E-state index in [-0.39, 0.29) is 5.41 Å². The molecule has 0 fully saturated rings. The van der Waals surface area contributed by atoms with E-state index in [1.807, 2.05) is 24.5 Å². The Bertz CT molecular complexity index is 542. The van der Waals surface area contributed by atoms with E-state index in [2.05, 4.69) is 29.5 Å². The van der Waals surface area contributed by atoms with Crippen LogP contribution in [0.5, 0.6) is 0 Å². The fourth-order valence-electron chi connectivity index (χ4n) is 1.71. The summed E-state index contributed by atoms with van der Waals surface area (Å²) < 4.78 is 2.15. The fourth-order valence-corrected chi connectivity index (χ4v) is 1.81. The summed E-state index contributed by atoms with van der Waals surface area (Å²) in [4.78, 5) is 4.93. The Balaban J connectivity index is 2.17. The Morgan fingerprint density at radius 3 is 2.82 bits per heavy atom. The number of fused-ring (bicyclic) bond motifs is 1. The van der Waals surface area contributed by atoms with Crippen molar-refractivity contribution in [3.05, 3.63) is 30.6 Å². The molecule has 0 bridgehead atoms. The quantitative estimate of drug-likeness (QED) is 0.845. The van der Waals surface area contributed by atoms with E-state index in [1.54, 1.807) is 0 Å². The van der Waals surface area contributed by atoms with Gasteiger partial charge in [0.25, 0.3) is 0 Å². The molecule has 2 aromatic rings. The van der Waals surface area contributed by atoms with Crippen molar-refractivity contribution in [2.75, 3.05) is 0 Å². The Labute approximate surface area is 107 Å². The van der Waals surface area contributed by atoms with Crippen molar-refractivity contribution in [2.24, 2.45) is 11.1 Å². The largest absolute Gasteiger partial charge is 0.393 e. The highest BCUT2D eigenvalue weighted by Crippen LogP contribution is 2.23. The third-order valence-corrected chi connectivity index (χ3v) is 3.72. The first-order chi connectivity index (χ1) is 8.00. The zero-order valence-electron chi connectivity index (χ0n) is 10.2. The molecule has 1 aromatic carbocycles. The maximum Gasteiger partial charge on any atom is 0.0958 e. The van der Waals surface area contributed by atoms with E-state index < -0.39 is 0 Å². The number of hydrogen-bond donors (Lipinski definition) is 1. The lowest BCUT2D eigenvalue weighted by atomic mass is 9.89. The van der Waals surface area contributed by atoms with Gasteiger partial charge in [0.2, 0.25) is 0 Å². The normalized spacial score (nSPS) is 11.9. The monoisotopic (exact) mass is 247 g/mol. The second-order valence-electron chi connectivity index (χ2n) is 4.92. The minimum Gasteiger partial charge on any atom is -0.393 e. The Kier molecular flexibility index (Phi) is 3.15. The molecular formula is C13H17N3S. The van der Waals surface area contributed by atoms with Crippen LogP contribution in [0.15, 0.2) is 30.6 Å². The van der Waals surface area contributed by atoms with Crippen LogP contribution in [-0.2, 0) is 6.54 Å². The number of benzene rings is 1. The van der Waals surface area contributed by atoms with E-state index in [0.717, 1.165) is 24.0 Å². The highest BCUT2D eigenvalue weighted by Gasteiger charge is 2.21. The predicted molar refractivity (Wildman–Crippen MR) is 74.9 cm³/mol. The Hall–Kier alpha value is -1.42. The standard InChI is InChI=1S/C13H17N3S/c1-13(2,12(14)17)7-8-16-9-15-10-5-3-4-6-11(10)16/h3-6,9H,7-8H2,1-2H3,(H2,14,17). The van der Waals surface area contributed by atoms with Gasteiger partial charge in [0.15, 0.2) is 0 Å². The second kappa shape index (κ2) is 4.45. The van der Waals surface area contributed by atoms with E-state index in [9.17, 15) is 0 Å². The fraction of sp³-hybridized carbons (Fsp3) is 0.385. The lowest BCUT2D eigenvalue weighted by Gasteiger charge is -2.23. The van der Waals surface area contributed by atoms with Crippen molar-refractivity contribution in [1.29, 1.82) is 0 Å². The molecular weight excluding hydrogens is 230 g/mol. The zero-order valence-corrected chi connectivity index (χ0v) is 11.0. The van der Waals surface area contributed by atoms with Gasteiger partial charge in [0.1, 0.15) is 0 Å². The van der Waals surface area contributed by atoms with Gasteiger partial charge in [-0.3, -0.25) is 0 Å². The molecule has 0 unspecified atom stereocenters. The number of imidazole rings is 1. The molecule has 0 radical (unpaired) electrons. The summed E-state index contributed by atoms with van der Waals surface area (Å²) in [6.07, 6.45) is 2.79. The zero-order chi connectivity index (χ0) is 12.5. The van der Waals surface area contributed by atoms with Crippen molar-refractivity contribution in [3.63, 3.8) is 0 Å². The van der Waals surface area contributed by atoms with Crippen LogP contribution in [-0.4, -0.2) is 14.5 Å². The van der Waals surface area contributed by atoms with Crippen LogP contribution in [0, 0.1) is 5.41 Å². The number of para-hydroxylation sites is 2. The van der Waals surface area contributed by atoms with Crippen LogP contribution in [0.3, 0.4) is 0 Å². The number of aromatic nitrogens is 2. The van der Waals surface area contributed by atoms with Gasteiger partial charge in [0, 0.05) is 12.0 Å². The van der Waals surface area contributed by atoms with E-state index >= 15 is 0 Å². The van der Waals surface area contributed by atoms with Crippen molar-refractivity contribution in [3.8, 4) is 0 Å². The molecule has 0 saturated heterocycles. The average Bonchev–Trinajstić information content (AvgIpc) is 2.69. The van der Waals surface area contributed by atoms with E-state index in [0.29, 0.717) is 4.99 Å². The van der Waals surface area contributed by atoms with Gasteiger partial charge in [-0.15, -0.1) is 0 Å². The van der Waals surface area contributed by atoms with Gasteiger partial charge in [-0.1, -0.05) is 38.2 Å². The van der Waals surface area contributed by atoms with Crippen LogP contribution < -0.4 is 5.73 Å². The number of thiocarbonyl (C=S) groups is 1. The lowest BCUT2D eigenvalue weighted by molar-refractivity contribution is 0.439. The van der Waals surface area contributed by atoms with Crippen molar-refractivity contribution in [2.45, 2.75) is 26.8 Å². The summed E-state index contributed by atoms with van der Waals surface area (Å²) in [5.74, 6) is 0. The maximum atomic E-state index is 5.73. The highest BCUT2D eigenvalue weighted by atomic mass is 32.1. The molecule has 0 atom stereocenters. The van der Waals surface area contributed by atoms with Gasteiger partial charge in [0.05, 0.1) is 22.3 Å². The van der Waals surface area contributed by atoms with Crippen LogP contribution in [0.1, 0.15) is 20.3 Å². The third-order valence-electron chi connectivity index (χ3n) is 3.17. The summed E-state index contributed by atoms with van der Waals surface area (Å²) in [5.41, 5.74) is 7.81. The van der Waals surface area contributed by atoms with Gasteiger partial charge in [-0.05, 0) is 18.6 Å². The molecule has 4 heteroatoms. The molecule has 0 amide bonds. The first-order valence-electron chi connectivity index (χ1n) is 5.70. The van der Waals surface area contributed by atoms with Crippen molar-refractivity contribution >= 4 is 28.2 Å². The number of aryl methyl sites for hydroxylation is 1. The molecule has 1 aromatic heterocycles. The molecule has 0 aliphatic heterocycles. The van der Waals surface area contributed by atoms with Crippen LogP contribution in [0.4, 0.5) is 0 Å².